The molecule has 0 bridgehead atoms. The Morgan fingerprint density at radius 3 is 0.507 bits per heavy atom. The Labute approximate surface area is 429 Å². The van der Waals surface area contributed by atoms with Crippen molar-refractivity contribution < 1.29 is 57.5 Å². The fraction of sp³-hybridized carbons (Fsp3) is 0.786. The minimum atomic E-state index is -5.61. The van der Waals surface area contributed by atoms with Gasteiger partial charge >= 0.3 is 0 Å². The van der Waals surface area contributed by atoms with Gasteiger partial charge < -0.3 is 66.6 Å². The van der Waals surface area contributed by atoms with Crippen LogP contribution in [0.4, 0.5) is 0 Å². The lowest BCUT2D eigenvalue weighted by Gasteiger charge is -2.67. The predicted octanol–water partition coefficient (Wildman–Crippen LogP) is 9.27. The van der Waals surface area contributed by atoms with Crippen LogP contribution < -0.4 is 19.2 Å². The lowest BCUT2D eigenvalue weighted by atomic mass is 10.2. The van der Waals surface area contributed by atoms with E-state index in [1.54, 1.807) is 24.3 Å². The molecule has 12 nitrogen and oxygen atoms in total. The third-order valence-electron chi connectivity index (χ3n) is 14.8. The van der Waals surface area contributed by atoms with Crippen molar-refractivity contribution in [1.82, 2.24) is 0 Å². The van der Waals surface area contributed by atoms with Gasteiger partial charge in [-0.05, 0) is 159 Å². The Kier molecular flexibility index (Phi) is 52.3. The maximum Gasteiger partial charge on any atom is 0.157 e. The Morgan fingerprint density at radius 2 is 0.420 bits per heavy atom. The largest absolute Gasteiger partial charge is 0.894 e. The summed E-state index contributed by atoms with van der Waals surface area (Å²) in [5.41, 5.74) is 0. The normalized spacial score (nSPS) is 11.3. The van der Waals surface area contributed by atoms with Gasteiger partial charge in [-0.1, -0.05) is 77.6 Å². The maximum atomic E-state index is 8.67. The van der Waals surface area contributed by atoms with Crippen LogP contribution in [-0.4, -0.2) is 152 Å². The van der Waals surface area contributed by atoms with Gasteiger partial charge in [-0.3, -0.25) is 0 Å². The molecule has 0 fully saturated rings. The van der Waals surface area contributed by atoms with E-state index in [1.165, 1.54) is 224 Å². The number of unbranched alkanes of at least 4 members (excludes halogenated alkanes) is 8. The average molecular weight is 1000 g/mol. The summed E-state index contributed by atoms with van der Waals surface area (Å²) >= 11 is 0. The maximum absolute atomic E-state index is 8.67. The van der Waals surface area contributed by atoms with Crippen LogP contribution in [0.1, 0.15) is 188 Å². The summed E-state index contributed by atoms with van der Waals surface area (Å²) in [6, 6.07) is 12.3. The number of aromatic hydroxyl groups is 4. The zero-order valence-electron chi connectivity index (χ0n) is 48.1. The summed E-state index contributed by atoms with van der Waals surface area (Å²) in [5, 5.41) is 34.7. The van der Waals surface area contributed by atoms with Gasteiger partial charge in [0, 0.05) is 0 Å². The number of para-hydroxylation sites is 4. The highest BCUT2D eigenvalue weighted by Crippen LogP contribution is 2.22. The number of nitrogens with zero attached hydrogens (tertiary/aromatic N) is 4. The molecule has 0 atom stereocenters. The summed E-state index contributed by atoms with van der Waals surface area (Å²) in [6.07, 6.45) is 16.6. The standard InChI is InChI=1S/4C11H26N.2C6H6O2.O4Si/c4*1-5-9-10-11-12(6-2,7-3)8-4;2*7-5-3-1-2-4-6(5)8;1-5(2,3)4/h4*5-11H2,1-4H3;2*1-4,7-8H;/q4*+1;;;-4. The molecule has 2 aromatic carbocycles. The lowest BCUT2D eigenvalue weighted by Crippen LogP contribution is -2.82. The fourth-order valence-corrected chi connectivity index (χ4v) is 8.30. The third-order valence-corrected chi connectivity index (χ3v) is 14.8. The molecular formula is C56H116N4O8Si. The van der Waals surface area contributed by atoms with E-state index in [0.717, 1.165) is 0 Å². The van der Waals surface area contributed by atoms with Crippen LogP contribution in [0.3, 0.4) is 0 Å². The Morgan fingerprint density at radius 1 is 0.290 bits per heavy atom. The number of phenols is 4. The molecule has 0 radical (unpaired) electrons. The molecule has 2 rings (SSSR count). The van der Waals surface area contributed by atoms with Crippen molar-refractivity contribution in [2.24, 2.45) is 0 Å². The van der Waals surface area contributed by atoms with Gasteiger partial charge in [-0.15, -0.1) is 0 Å². The second kappa shape index (κ2) is 47.8. The molecule has 2 aromatic rings. The monoisotopic (exact) mass is 1000 g/mol. The molecule has 0 amide bonds. The van der Waals surface area contributed by atoms with E-state index < -0.39 is 9.05 Å². The molecule has 0 aromatic heterocycles. The molecule has 0 unspecified atom stereocenters. The molecule has 0 saturated carbocycles. The predicted molar refractivity (Wildman–Crippen MR) is 290 cm³/mol. The summed E-state index contributed by atoms with van der Waals surface area (Å²) in [5.74, 6) is -0.306. The summed E-state index contributed by atoms with van der Waals surface area (Å²) in [6.45, 7) is 58.1. The van der Waals surface area contributed by atoms with Gasteiger partial charge in [0.15, 0.2) is 23.0 Å². The Bertz CT molecular complexity index is 1120. The molecule has 0 heterocycles. The first kappa shape index (κ1) is 75.5. The van der Waals surface area contributed by atoms with E-state index in [-0.39, 0.29) is 23.0 Å². The van der Waals surface area contributed by atoms with Crippen LogP contribution in [0.25, 0.3) is 0 Å². The van der Waals surface area contributed by atoms with Crippen molar-refractivity contribution in [2.45, 2.75) is 188 Å². The fourth-order valence-electron chi connectivity index (χ4n) is 8.30. The number of benzene rings is 2. The molecule has 0 aliphatic rings. The first-order chi connectivity index (χ1) is 32.6. The van der Waals surface area contributed by atoms with E-state index in [1.807, 2.05) is 0 Å². The zero-order valence-corrected chi connectivity index (χ0v) is 49.1. The smallest absolute Gasteiger partial charge is 0.157 e. The van der Waals surface area contributed by atoms with Gasteiger partial charge in [0.1, 0.15) is 0 Å². The quantitative estimate of drug-likeness (QED) is 0.0283. The van der Waals surface area contributed by atoms with Crippen molar-refractivity contribution in [1.29, 1.82) is 0 Å². The number of rotatable bonds is 28. The van der Waals surface area contributed by atoms with Crippen molar-refractivity contribution in [3.63, 3.8) is 0 Å². The van der Waals surface area contributed by atoms with E-state index >= 15 is 0 Å². The first-order valence-corrected chi connectivity index (χ1v) is 29.4. The minimum Gasteiger partial charge on any atom is -0.894 e. The van der Waals surface area contributed by atoms with Gasteiger partial charge in [0.2, 0.25) is 0 Å². The second-order valence-electron chi connectivity index (χ2n) is 18.4. The first-order valence-electron chi connectivity index (χ1n) is 27.7. The Balaban J connectivity index is -0.000000234. The van der Waals surface area contributed by atoms with Gasteiger partial charge in [0.25, 0.3) is 0 Å². The van der Waals surface area contributed by atoms with Gasteiger partial charge in [-0.2, -0.15) is 0 Å². The summed E-state index contributed by atoms with van der Waals surface area (Å²) in [4.78, 5) is 34.3. The third kappa shape index (κ3) is 41.8. The second-order valence-corrected chi connectivity index (χ2v) is 19.4. The number of hydrogen-bond donors (Lipinski definition) is 4. The van der Waals surface area contributed by atoms with Crippen molar-refractivity contribution in [3.05, 3.63) is 48.5 Å². The van der Waals surface area contributed by atoms with Crippen LogP contribution in [0.2, 0.25) is 0 Å². The average Bonchev–Trinajstić information content (AvgIpc) is 3.35. The highest BCUT2D eigenvalue weighted by atomic mass is 28.4. The zero-order chi connectivity index (χ0) is 54.3. The van der Waals surface area contributed by atoms with E-state index in [4.69, 9.17) is 39.6 Å². The van der Waals surface area contributed by atoms with Gasteiger partial charge in [0.05, 0.1) is 105 Å². The SMILES string of the molecule is CCCCC[N+](CC)(CC)CC.CCCCC[N+](CC)(CC)CC.CCCCC[N+](CC)(CC)CC.CCCCC[N+](CC)(CC)CC.Oc1ccccc1O.Oc1ccccc1O.[O-][Si]([O-])([O-])[O-]. The molecule has 0 saturated heterocycles. The Hall–Kier alpha value is -2.46. The van der Waals surface area contributed by atoms with Crippen LogP contribution >= 0.6 is 0 Å². The topological polar surface area (TPSA) is 173 Å². The van der Waals surface area contributed by atoms with E-state index in [0.29, 0.717) is 0 Å². The van der Waals surface area contributed by atoms with E-state index in [2.05, 4.69) is 111 Å². The molecular weight excluding hydrogens is 885 g/mol. The minimum absolute atomic E-state index is 0.0764. The van der Waals surface area contributed by atoms with Crippen molar-refractivity contribution in [3.8, 4) is 23.0 Å². The number of quaternary nitrogens is 4. The molecule has 0 aliphatic heterocycles. The van der Waals surface area contributed by atoms with Crippen LogP contribution in [0.5, 0.6) is 23.0 Å². The highest BCUT2D eigenvalue weighted by molar-refractivity contribution is 6.38. The molecule has 0 aliphatic carbocycles. The molecule has 412 valence electrons. The molecule has 69 heavy (non-hydrogen) atoms. The van der Waals surface area contributed by atoms with Crippen molar-refractivity contribution >= 4 is 9.05 Å². The summed E-state index contributed by atoms with van der Waals surface area (Å²) in [7, 11) is -5.61. The lowest BCUT2D eigenvalue weighted by molar-refractivity contribution is -0.923. The molecule has 0 spiro atoms. The van der Waals surface area contributed by atoms with Crippen LogP contribution in [0, 0.1) is 0 Å². The number of hydrogen-bond acceptors (Lipinski definition) is 8. The molecule has 4 N–H and O–H groups in total. The van der Waals surface area contributed by atoms with Crippen LogP contribution in [-0.2, 0) is 0 Å². The molecule has 13 heteroatoms. The van der Waals surface area contributed by atoms with Crippen molar-refractivity contribution in [2.75, 3.05) is 105 Å². The highest BCUT2D eigenvalue weighted by Gasteiger charge is 2.21. The van der Waals surface area contributed by atoms with E-state index in [9.17, 15) is 0 Å². The number of phenolic OH excluding ortho intramolecular Hbond substituents is 4. The van der Waals surface area contributed by atoms with Crippen LogP contribution in [0.15, 0.2) is 48.5 Å². The van der Waals surface area contributed by atoms with Gasteiger partial charge in [-0.25, -0.2) is 0 Å². The summed E-state index contributed by atoms with van der Waals surface area (Å²) < 4.78 is 5.28.